The minimum Gasteiger partial charge on any atom is -0.391 e. The van der Waals surface area contributed by atoms with Gasteiger partial charge in [-0.05, 0) is 31.0 Å². The predicted octanol–water partition coefficient (Wildman–Crippen LogP) is 1.84. The van der Waals surface area contributed by atoms with Gasteiger partial charge in [0.15, 0.2) is 0 Å². The van der Waals surface area contributed by atoms with Gasteiger partial charge in [-0.3, -0.25) is 9.59 Å². The van der Waals surface area contributed by atoms with E-state index in [9.17, 15) is 19.1 Å². The molecular weight excluding hydrogens is 287 g/mol. The van der Waals surface area contributed by atoms with E-state index in [2.05, 4.69) is 5.32 Å². The van der Waals surface area contributed by atoms with Gasteiger partial charge in [0.2, 0.25) is 5.91 Å². The molecular formula is C16H21FN2O3. The molecule has 1 fully saturated rings. The average Bonchev–Trinajstić information content (AvgIpc) is 2.92. The Morgan fingerprint density at radius 1 is 1.50 bits per heavy atom. The number of anilines is 1. The van der Waals surface area contributed by atoms with Gasteiger partial charge >= 0.3 is 0 Å². The van der Waals surface area contributed by atoms with Crippen molar-refractivity contribution in [1.82, 2.24) is 5.32 Å². The van der Waals surface area contributed by atoms with Crippen molar-refractivity contribution in [2.45, 2.75) is 38.7 Å². The molecule has 5 nitrogen and oxygen atoms in total. The van der Waals surface area contributed by atoms with Crippen LogP contribution in [-0.4, -0.2) is 36.1 Å². The highest BCUT2D eigenvalue weighted by Gasteiger charge is 2.23. The molecule has 1 saturated heterocycles. The van der Waals surface area contributed by atoms with Gasteiger partial charge < -0.3 is 15.3 Å². The number of aliphatic hydroxyl groups is 1. The Balaban J connectivity index is 2.09. The van der Waals surface area contributed by atoms with E-state index in [1.165, 1.54) is 18.2 Å². The van der Waals surface area contributed by atoms with Gasteiger partial charge in [0, 0.05) is 25.2 Å². The number of amides is 2. The molecule has 6 heteroatoms. The number of benzene rings is 1. The number of halogens is 1. The summed E-state index contributed by atoms with van der Waals surface area (Å²) >= 11 is 0. The number of carbonyl (C=O) groups excluding carboxylic acids is 2. The number of nitrogens with one attached hydrogen (secondary N) is 1. The van der Waals surface area contributed by atoms with Crippen LogP contribution in [0.5, 0.6) is 0 Å². The van der Waals surface area contributed by atoms with Crippen LogP contribution in [0.1, 0.15) is 43.0 Å². The van der Waals surface area contributed by atoms with Crippen molar-refractivity contribution in [3.63, 3.8) is 0 Å². The fraction of sp³-hybridized carbons (Fsp3) is 0.500. The van der Waals surface area contributed by atoms with Crippen LogP contribution >= 0.6 is 0 Å². The zero-order valence-corrected chi connectivity index (χ0v) is 12.6. The first-order valence-electron chi connectivity index (χ1n) is 7.59. The van der Waals surface area contributed by atoms with Crippen LogP contribution in [0, 0.1) is 5.82 Å². The van der Waals surface area contributed by atoms with Gasteiger partial charge in [0.05, 0.1) is 11.7 Å². The summed E-state index contributed by atoms with van der Waals surface area (Å²) in [6.45, 7) is 2.60. The minimum atomic E-state index is -0.641. The molecule has 1 aliphatic heterocycles. The first kappa shape index (κ1) is 16.4. The first-order valence-corrected chi connectivity index (χ1v) is 7.59. The highest BCUT2D eigenvalue weighted by molar-refractivity contribution is 5.99. The molecule has 2 rings (SSSR count). The average molecular weight is 308 g/mol. The SMILES string of the molecule is CCCC(O)CNC(=O)c1cc(N2CCCC2=O)ccc1F. The molecule has 0 saturated carbocycles. The highest BCUT2D eigenvalue weighted by Crippen LogP contribution is 2.23. The van der Waals surface area contributed by atoms with Crippen molar-refractivity contribution in [2.24, 2.45) is 0 Å². The molecule has 1 aliphatic rings. The number of rotatable bonds is 6. The maximum absolute atomic E-state index is 13.8. The van der Waals surface area contributed by atoms with E-state index in [1.807, 2.05) is 6.92 Å². The van der Waals surface area contributed by atoms with E-state index < -0.39 is 17.8 Å². The number of hydrogen-bond donors (Lipinski definition) is 2. The Kier molecular flexibility index (Phi) is 5.49. The fourth-order valence-electron chi connectivity index (χ4n) is 2.52. The fourth-order valence-corrected chi connectivity index (χ4v) is 2.52. The Labute approximate surface area is 129 Å². The van der Waals surface area contributed by atoms with Crippen LogP contribution in [-0.2, 0) is 4.79 Å². The minimum absolute atomic E-state index is 0.0173. The van der Waals surface area contributed by atoms with Crippen molar-refractivity contribution in [3.05, 3.63) is 29.6 Å². The molecule has 0 aliphatic carbocycles. The molecule has 1 atom stereocenters. The molecule has 1 heterocycles. The van der Waals surface area contributed by atoms with E-state index in [-0.39, 0.29) is 18.0 Å². The second-order valence-electron chi connectivity index (χ2n) is 5.47. The lowest BCUT2D eigenvalue weighted by Crippen LogP contribution is -2.33. The van der Waals surface area contributed by atoms with E-state index in [0.717, 1.165) is 12.8 Å². The molecule has 2 amide bonds. The molecule has 1 aromatic rings. The monoisotopic (exact) mass is 308 g/mol. The third-order valence-corrected chi connectivity index (χ3v) is 3.70. The normalized spacial score (nSPS) is 16.0. The smallest absolute Gasteiger partial charge is 0.254 e. The van der Waals surface area contributed by atoms with Crippen LogP contribution in [0.25, 0.3) is 0 Å². The third kappa shape index (κ3) is 3.82. The highest BCUT2D eigenvalue weighted by atomic mass is 19.1. The lowest BCUT2D eigenvalue weighted by atomic mass is 10.1. The number of aliphatic hydroxyl groups excluding tert-OH is 1. The van der Waals surface area contributed by atoms with Crippen LogP contribution in [0.2, 0.25) is 0 Å². The van der Waals surface area contributed by atoms with Gasteiger partial charge in [-0.15, -0.1) is 0 Å². The molecule has 0 bridgehead atoms. The molecule has 0 radical (unpaired) electrons. The summed E-state index contributed by atoms with van der Waals surface area (Å²) in [5.41, 5.74) is 0.420. The van der Waals surface area contributed by atoms with E-state index in [4.69, 9.17) is 0 Å². The van der Waals surface area contributed by atoms with Crippen molar-refractivity contribution in [1.29, 1.82) is 0 Å². The molecule has 0 spiro atoms. The molecule has 1 unspecified atom stereocenters. The summed E-state index contributed by atoms with van der Waals surface area (Å²) in [5, 5.41) is 12.1. The summed E-state index contributed by atoms with van der Waals surface area (Å²) in [5.74, 6) is -1.24. The quantitative estimate of drug-likeness (QED) is 0.842. The summed E-state index contributed by atoms with van der Waals surface area (Å²) in [7, 11) is 0. The zero-order chi connectivity index (χ0) is 16.1. The predicted molar refractivity (Wildman–Crippen MR) is 81.2 cm³/mol. The number of nitrogens with zero attached hydrogens (tertiary/aromatic N) is 1. The van der Waals surface area contributed by atoms with Crippen molar-refractivity contribution in [2.75, 3.05) is 18.0 Å². The van der Waals surface area contributed by atoms with Gasteiger partial charge in [-0.2, -0.15) is 0 Å². The van der Waals surface area contributed by atoms with Crippen LogP contribution < -0.4 is 10.2 Å². The molecule has 120 valence electrons. The van der Waals surface area contributed by atoms with Crippen LogP contribution in [0.15, 0.2) is 18.2 Å². The standard InChI is InChI=1S/C16H21FN2O3/c1-2-4-12(20)10-18-16(22)13-9-11(6-7-14(13)17)19-8-3-5-15(19)21/h6-7,9,12,20H,2-5,8,10H2,1H3,(H,18,22). The largest absolute Gasteiger partial charge is 0.391 e. The molecule has 1 aromatic carbocycles. The Morgan fingerprint density at radius 2 is 2.27 bits per heavy atom. The molecule has 2 N–H and O–H groups in total. The summed E-state index contributed by atoms with van der Waals surface area (Å²) in [6, 6.07) is 4.08. The van der Waals surface area contributed by atoms with Gasteiger partial charge in [-0.25, -0.2) is 4.39 Å². The van der Waals surface area contributed by atoms with Gasteiger partial charge in [0.25, 0.3) is 5.91 Å². The molecule has 22 heavy (non-hydrogen) atoms. The van der Waals surface area contributed by atoms with Crippen LogP contribution in [0.4, 0.5) is 10.1 Å². The third-order valence-electron chi connectivity index (χ3n) is 3.70. The number of hydrogen-bond acceptors (Lipinski definition) is 3. The molecule has 0 aromatic heterocycles. The van der Waals surface area contributed by atoms with Crippen LogP contribution in [0.3, 0.4) is 0 Å². The summed E-state index contributed by atoms with van der Waals surface area (Å²) in [6.07, 6.45) is 1.98. The Bertz CT molecular complexity index is 562. The van der Waals surface area contributed by atoms with Crippen molar-refractivity contribution in [3.8, 4) is 0 Å². The van der Waals surface area contributed by atoms with E-state index in [1.54, 1.807) is 4.90 Å². The maximum Gasteiger partial charge on any atom is 0.254 e. The van der Waals surface area contributed by atoms with Gasteiger partial charge in [-0.1, -0.05) is 13.3 Å². The lowest BCUT2D eigenvalue weighted by Gasteiger charge is -2.17. The van der Waals surface area contributed by atoms with Crippen molar-refractivity contribution < 1.29 is 19.1 Å². The second-order valence-corrected chi connectivity index (χ2v) is 5.47. The second kappa shape index (κ2) is 7.35. The Morgan fingerprint density at radius 3 is 2.91 bits per heavy atom. The Hall–Kier alpha value is -1.95. The maximum atomic E-state index is 13.8. The van der Waals surface area contributed by atoms with E-state index in [0.29, 0.717) is 25.1 Å². The summed E-state index contributed by atoms with van der Waals surface area (Å²) < 4.78 is 13.8. The first-order chi connectivity index (χ1) is 10.5. The van der Waals surface area contributed by atoms with E-state index >= 15 is 0 Å². The summed E-state index contributed by atoms with van der Waals surface area (Å²) in [4.78, 5) is 25.3. The zero-order valence-electron chi connectivity index (χ0n) is 12.6. The number of carbonyl (C=O) groups is 2. The topological polar surface area (TPSA) is 69.6 Å². The van der Waals surface area contributed by atoms with Gasteiger partial charge in [0.1, 0.15) is 5.82 Å². The van der Waals surface area contributed by atoms with Crippen molar-refractivity contribution >= 4 is 17.5 Å². The lowest BCUT2D eigenvalue weighted by molar-refractivity contribution is -0.117.